The Balaban J connectivity index is 2.40. The van der Waals surface area contributed by atoms with Gasteiger partial charge in [-0.1, -0.05) is 44.1 Å². The molecule has 0 aromatic heterocycles. The van der Waals surface area contributed by atoms with Crippen molar-refractivity contribution in [3.63, 3.8) is 0 Å². The van der Waals surface area contributed by atoms with E-state index < -0.39 is 0 Å². The summed E-state index contributed by atoms with van der Waals surface area (Å²) in [6, 6.07) is 0. The minimum absolute atomic E-state index is 0.713. The van der Waals surface area contributed by atoms with Crippen LogP contribution in [0.15, 0.2) is 36.6 Å². The summed E-state index contributed by atoms with van der Waals surface area (Å²) in [6.45, 7) is 7.98. The lowest BCUT2D eigenvalue weighted by molar-refractivity contribution is 0.409. The molecule has 0 spiro atoms. The number of rotatable bonds is 4. The fourth-order valence-electron chi connectivity index (χ4n) is 1.90. The molecule has 1 N–H and O–H groups in total. The molecule has 0 saturated heterocycles. The van der Waals surface area contributed by atoms with Crippen LogP contribution in [0, 0.1) is 5.92 Å². The highest BCUT2D eigenvalue weighted by molar-refractivity contribution is 5.25. The first-order chi connectivity index (χ1) is 6.74. The zero-order valence-corrected chi connectivity index (χ0v) is 9.18. The Morgan fingerprint density at radius 1 is 1.14 bits per heavy atom. The standard InChI is InChI=1S/C13H21N/c1-11(9-10-12(2)14-3)13-7-5-4-6-8-13/h9-10,13-14H,1-2,4-8H2,3H3/b10-9-. The number of hydrogen-bond acceptors (Lipinski definition) is 1. The van der Waals surface area contributed by atoms with E-state index in [1.807, 2.05) is 13.1 Å². The average molecular weight is 191 g/mol. The highest BCUT2D eigenvalue weighted by Gasteiger charge is 2.14. The average Bonchev–Trinajstić information content (AvgIpc) is 2.26. The van der Waals surface area contributed by atoms with Crippen LogP contribution in [0.2, 0.25) is 0 Å². The molecule has 0 bridgehead atoms. The fourth-order valence-corrected chi connectivity index (χ4v) is 1.90. The fraction of sp³-hybridized carbons (Fsp3) is 0.538. The largest absolute Gasteiger partial charge is 0.389 e. The van der Waals surface area contributed by atoms with E-state index in [4.69, 9.17) is 0 Å². The van der Waals surface area contributed by atoms with Crippen molar-refractivity contribution >= 4 is 0 Å². The van der Waals surface area contributed by atoms with Crippen LogP contribution < -0.4 is 5.32 Å². The minimum atomic E-state index is 0.713. The Kier molecular flexibility index (Phi) is 4.51. The molecule has 1 nitrogen and oxygen atoms in total. The first kappa shape index (κ1) is 11.1. The van der Waals surface area contributed by atoms with Crippen molar-refractivity contribution < 1.29 is 0 Å². The highest BCUT2D eigenvalue weighted by Crippen LogP contribution is 2.29. The van der Waals surface area contributed by atoms with Crippen molar-refractivity contribution in [1.82, 2.24) is 5.32 Å². The number of likely N-dealkylation sites (N-methyl/N-ethyl adjacent to an activating group) is 1. The summed E-state index contributed by atoms with van der Waals surface area (Å²) in [5, 5.41) is 3.00. The van der Waals surface area contributed by atoms with Gasteiger partial charge in [0.1, 0.15) is 0 Å². The first-order valence-corrected chi connectivity index (χ1v) is 5.47. The van der Waals surface area contributed by atoms with E-state index in [1.54, 1.807) is 0 Å². The molecule has 1 heteroatoms. The second-order valence-electron chi connectivity index (χ2n) is 4.02. The molecule has 78 valence electrons. The Morgan fingerprint density at radius 3 is 2.36 bits per heavy atom. The molecule has 0 amide bonds. The molecule has 0 unspecified atom stereocenters. The Labute approximate surface area is 87.6 Å². The summed E-state index contributed by atoms with van der Waals surface area (Å²) >= 11 is 0. The molecule has 1 rings (SSSR count). The molecule has 0 radical (unpaired) electrons. The molecule has 0 aromatic rings. The van der Waals surface area contributed by atoms with Gasteiger partial charge >= 0.3 is 0 Å². The van der Waals surface area contributed by atoms with Gasteiger partial charge in [-0.15, -0.1) is 0 Å². The van der Waals surface area contributed by atoms with Gasteiger partial charge in [0, 0.05) is 12.7 Å². The molecule has 0 atom stereocenters. The van der Waals surface area contributed by atoms with E-state index in [-0.39, 0.29) is 0 Å². The highest BCUT2D eigenvalue weighted by atomic mass is 14.8. The molecular formula is C13H21N. The van der Waals surface area contributed by atoms with E-state index in [9.17, 15) is 0 Å². The zero-order valence-electron chi connectivity index (χ0n) is 9.18. The van der Waals surface area contributed by atoms with Crippen molar-refractivity contribution in [1.29, 1.82) is 0 Å². The second kappa shape index (κ2) is 5.69. The minimum Gasteiger partial charge on any atom is -0.389 e. The molecule has 1 fully saturated rings. The Morgan fingerprint density at radius 2 is 1.79 bits per heavy atom. The van der Waals surface area contributed by atoms with Gasteiger partial charge in [0.25, 0.3) is 0 Å². The van der Waals surface area contributed by atoms with Crippen molar-refractivity contribution in [3.05, 3.63) is 36.6 Å². The molecule has 14 heavy (non-hydrogen) atoms. The lowest BCUT2D eigenvalue weighted by atomic mass is 9.84. The zero-order chi connectivity index (χ0) is 10.4. The summed E-state index contributed by atoms with van der Waals surface area (Å²) in [4.78, 5) is 0. The summed E-state index contributed by atoms with van der Waals surface area (Å²) in [5.41, 5.74) is 2.21. The maximum atomic E-state index is 4.13. The smallest absolute Gasteiger partial charge is 0.0264 e. The number of allylic oxidation sites excluding steroid dienone is 3. The van der Waals surface area contributed by atoms with Gasteiger partial charge < -0.3 is 5.32 Å². The number of nitrogens with one attached hydrogen (secondary N) is 1. The third-order valence-corrected chi connectivity index (χ3v) is 2.95. The quantitative estimate of drug-likeness (QED) is 0.671. The van der Waals surface area contributed by atoms with Gasteiger partial charge in [-0.05, 0) is 24.8 Å². The van der Waals surface area contributed by atoms with Crippen molar-refractivity contribution in [2.45, 2.75) is 32.1 Å². The lowest BCUT2D eigenvalue weighted by Crippen LogP contribution is -2.07. The predicted molar refractivity (Wildman–Crippen MR) is 63.1 cm³/mol. The predicted octanol–water partition coefficient (Wildman–Crippen LogP) is 3.41. The SMILES string of the molecule is C=C(/C=C\C(=C)C1CCCCC1)NC. The van der Waals surface area contributed by atoms with Gasteiger partial charge in [-0.3, -0.25) is 0 Å². The molecule has 1 saturated carbocycles. The van der Waals surface area contributed by atoms with Gasteiger partial charge in [0.15, 0.2) is 0 Å². The first-order valence-electron chi connectivity index (χ1n) is 5.47. The maximum absolute atomic E-state index is 4.13. The van der Waals surface area contributed by atoms with Crippen molar-refractivity contribution in [2.24, 2.45) is 5.92 Å². The van der Waals surface area contributed by atoms with Crippen LogP contribution >= 0.6 is 0 Å². The lowest BCUT2D eigenvalue weighted by Gasteiger charge is -2.21. The molecule has 1 aliphatic carbocycles. The van der Waals surface area contributed by atoms with Crippen LogP contribution in [0.25, 0.3) is 0 Å². The summed E-state index contributed by atoms with van der Waals surface area (Å²) in [5.74, 6) is 0.713. The van der Waals surface area contributed by atoms with Crippen LogP contribution in [-0.2, 0) is 0 Å². The summed E-state index contributed by atoms with van der Waals surface area (Å²) in [6.07, 6.45) is 10.9. The normalized spacial score (nSPS) is 18.4. The van der Waals surface area contributed by atoms with E-state index in [0.717, 1.165) is 5.70 Å². The van der Waals surface area contributed by atoms with Crippen LogP contribution in [0.3, 0.4) is 0 Å². The molecule has 1 aliphatic rings. The molecular weight excluding hydrogens is 170 g/mol. The topological polar surface area (TPSA) is 12.0 Å². The monoisotopic (exact) mass is 191 g/mol. The third kappa shape index (κ3) is 3.41. The summed E-state index contributed by atoms with van der Waals surface area (Å²) < 4.78 is 0. The molecule has 0 heterocycles. The van der Waals surface area contributed by atoms with E-state index in [1.165, 1.54) is 37.7 Å². The van der Waals surface area contributed by atoms with Crippen LogP contribution in [0.4, 0.5) is 0 Å². The van der Waals surface area contributed by atoms with Gasteiger partial charge in [-0.2, -0.15) is 0 Å². The summed E-state index contributed by atoms with van der Waals surface area (Å²) in [7, 11) is 1.88. The Hall–Kier alpha value is -0.980. The van der Waals surface area contributed by atoms with Crippen molar-refractivity contribution in [2.75, 3.05) is 7.05 Å². The van der Waals surface area contributed by atoms with Crippen molar-refractivity contribution in [3.8, 4) is 0 Å². The second-order valence-corrected chi connectivity index (χ2v) is 4.02. The van der Waals surface area contributed by atoms with Gasteiger partial charge in [0.2, 0.25) is 0 Å². The Bertz CT molecular complexity index is 232. The molecule has 0 aliphatic heterocycles. The van der Waals surface area contributed by atoms with E-state index >= 15 is 0 Å². The third-order valence-electron chi connectivity index (χ3n) is 2.95. The van der Waals surface area contributed by atoms with Gasteiger partial charge in [0.05, 0.1) is 0 Å². The van der Waals surface area contributed by atoms with E-state index in [0.29, 0.717) is 5.92 Å². The van der Waals surface area contributed by atoms with E-state index in [2.05, 4.69) is 24.6 Å². The molecule has 0 aromatic carbocycles. The van der Waals surface area contributed by atoms with Crippen LogP contribution in [-0.4, -0.2) is 7.05 Å². The van der Waals surface area contributed by atoms with Crippen LogP contribution in [0.5, 0.6) is 0 Å². The van der Waals surface area contributed by atoms with Gasteiger partial charge in [-0.25, -0.2) is 0 Å². The maximum Gasteiger partial charge on any atom is 0.0264 e. The van der Waals surface area contributed by atoms with Crippen LogP contribution in [0.1, 0.15) is 32.1 Å². The number of hydrogen-bond donors (Lipinski definition) is 1.